The predicted molar refractivity (Wildman–Crippen MR) is 88.0 cm³/mol. The predicted octanol–water partition coefficient (Wildman–Crippen LogP) is 4.13. The van der Waals surface area contributed by atoms with Crippen molar-refractivity contribution in [1.29, 1.82) is 0 Å². The van der Waals surface area contributed by atoms with E-state index in [4.69, 9.17) is 9.15 Å². The molecule has 0 atom stereocenters. The highest BCUT2D eigenvalue weighted by Gasteiger charge is 2.14. The first-order chi connectivity index (χ1) is 10.5. The molecule has 1 aromatic carbocycles. The maximum Gasteiger partial charge on any atom is 0.276 e. The minimum Gasteiger partial charge on any atom is -0.411 e. The number of rotatable bonds is 5. The van der Waals surface area contributed by atoms with Crippen molar-refractivity contribution in [3.63, 3.8) is 0 Å². The Balaban J connectivity index is 1.66. The fraction of sp³-hybridized carbons (Fsp3) is 0.375. The van der Waals surface area contributed by atoms with Gasteiger partial charge in [-0.15, -0.1) is 10.2 Å². The van der Waals surface area contributed by atoms with E-state index in [1.54, 1.807) is 0 Å². The van der Waals surface area contributed by atoms with Crippen LogP contribution in [0.4, 0.5) is 0 Å². The molecule has 0 aliphatic carbocycles. The van der Waals surface area contributed by atoms with Gasteiger partial charge in [0.15, 0.2) is 0 Å². The van der Waals surface area contributed by atoms with Crippen molar-refractivity contribution in [3.8, 4) is 11.5 Å². The zero-order valence-electron chi connectivity index (χ0n) is 12.9. The molecule has 0 spiro atoms. The van der Waals surface area contributed by atoms with Crippen molar-refractivity contribution in [2.24, 2.45) is 0 Å². The van der Waals surface area contributed by atoms with Gasteiger partial charge in [-0.1, -0.05) is 30.0 Å². The second-order valence-corrected chi connectivity index (χ2v) is 6.98. The third-order valence-corrected chi connectivity index (χ3v) is 3.85. The Morgan fingerprint density at radius 2 is 2.05 bits per heavy atom. The Bertz CT molecular complexity index is 758. The maximum absolute atomic E-state index is 5.73. The van der Waals surface area contributed by atoms with Crippen LogP contribution < -0.4 is 0 Å². The van der Waals surface area contributed by atoms with E-state index in [1.165, 1.54) is 11.8 Å². The van der Waals surface area contributed by atoms with Gasteiger partial charge in [-0.2, -0.15) is 0 Å². The van der Waals surface area contributed by atoms with Crippen LogP contribution in [0.1, 0.15) is 20.8 Å². The second-order valence-electron chi connectivity index (χ2n) is 5.93. The quantitative estimate of drug-likeness (QED) is 0.566. The molecule has 0 saturated heterocycles. The Morgan fingerprint density at radius 3 is 2.86 bits per heavy atom. The summed E-state index contributed by atoms with van der Waals surface area (Å²) in [6.45, 7) is 6.78. The van der Waals surface area contributed by atoms with Crippen molar-refractivity contribution in [1.82, 2.24) is 15.2 Å². The molecule has 116 valence electrons. The number of benzene rings is 1. The first-order valence-electron chi connectivity index (χ1n) is 7.20. The van der Waals surface area contributed by atoms with Gasteiger partial charge >= 0.3 is 0 Å². The lowest BCUT2D eigenvalue weighted by molar-refractivity contribution is 0.00689. The molecule has 0 fully saturated rings. The number of ether oxygens (including phenoxy) is 1. The van der Waals surface area contributed by atoms with E-state index in [0.29, 0.717) is 17.7 Å². The molecule has 6 heteroatoms. The molecule has 0 aliphatic rings. The van der Waals surface area contributed by atoms with E-state index in [2.05, 4.69) is 15.2 Å². The summed E-state index contributed by atoms with van der Waals surface area (Å²) in [6, 6.07) is 8.05. The standard InChI is InChI=1S/C16H19N3O2S/c1-16(2,3)20-8-9-22-15-19-18-14(21-15)12-10-17-13-7-5-4-6-11(12)13/h4-7,10,17H,8-9H2,1-3H3. The minimum atomic E-state index is -0.120. The van der Waals surface area contributed by atoms with E-state index in [0.717, 1.165) is 22.2 Å². The number of hydrogen-bond donors (Lipinski definition) is 1. The topological polar surface area (TPSA) is 63.9 Å². The first kappa shape index (κ1) is 15.1. The highest BCUT2D eigenvalue weighted by Crippen LogP contribution is 2.29. The van der Waals surface area contributed by atoms with Crippen molar-refractivity contribution >= 4 is 22.7 Å². The highest BCUT2D eigenvalue weighted by molar-refractivity contribution is 7.99. The molecule has 0 amide bonds. The van der Waals surface area contributed by atoms with Gasteiger partial charge in [0, 0.05) is 22.9 Å². The van der Waals surface area contributed by atoms with Crippen LogP contribution in [0, 0.1) is 0 Å². The number of H-pyrrole nitrogens is 1. The van der Waals surface area contributed by atoms with Crippen molar-refractivity contribution in [2.45, 2.75) is 31.6 Å². The van der Waals surface area contributed by atoms with Crippen LogP contribution in [0.2, 0.25) is 0 Å². The van der Waals surface area contributed by atoms with Gasteiger partial charge in [0.05, 0.1) is 17.8 Å². The average molecular weight is 317 g/mol. The molecule has 22 heavy (non-hydrogen) atoms. The summed E-state index contributed by atoms with van der Waals surface area (Å²) in [5.74, 6) is 1.32. The summed E-state index contributed by atoms with van der Waals surface area (Å²) in [5.41, 5.74) is 1.87. The molecule has 0 unspecified atom stereocenters. The molecule has 3 aromatic rings. The fourth-order valence-electron chi connectivity index (χ4n) is 2.10. The second kappa shape index (κ2) is 6.14. The van der Waals surface area contributed by atoms with Gasteiger partial charge in [0.25, 0.3) is 11.1 Å². The lowest BCUT2D eigenvalue weighted by atomic mass is 10.2. The van der Waals surface area contributed by atoms with E-state index < -0.39 is 0 Å². The monoisotopic (exact) mass is 317 g/mol. The molecular formula is C16H19N3O2S. The Hall–Kier alpha value is -1.79. The smallest absolute Gasteiger partial charge is 0.276 e. The number of para-hydroxylation sites is 1. The molecule has 0 saturated carbocycles. The SMILES string of the molecule is CC(C)(C)OCCSc1nnc(-c2c[nH]c3ccccc23)o1. The molecule has 0 bridgehead atoms. The lowest BCUT2D eigenvalue weighted by Crippen LogP contribution is -2.20. The van der Waals surface area contributed by atoms with Gasteiger partial charge in [0.2, 0.25) is 0 Å². The maximum atomic E-state index is 5.73. The van der Waals surface area contributed by atoms with E-state index in [-0.39, 0.29) is 5.60 Å². The minimum absolute atomic E-state index is 0.120. The number of thioether (sulfide) groups is 1. The molecular weight excluding hydrogens is 298 g/mol. The molecule has 5 nitrogen and oxygen atoms in total. The molecule has 1 N–H and O–H groups in total. The summed E-state index contributed by atoms with van der Waals surface area (Å²) in [6.07, 6.45) is 1.90. The van der Waals surface area contributed by atoms with Crippen LogP contribution in [0.5, 0.6) is 0 Å². The number of nitrogens with zero attached hydrogens (tertiary/aromatic N) is 2. The van der Waals surface area contributed by atoms with Crippen LogP contribution in [-0.2, 0) is 4.74 Å². The van der Waals surface area contributed by atoms with Gasteiger partial charge in [-0.05, 0) is 26.8 Å². The zero-order chi connectivity index (χ0) is 15.6. The molecule has 2 aromatic heterocycles. The molecule has 3 rings (SSSR count). The number of fused-ring (bicyclic) bond motifs is 1. The van der Waals surface area contributed by atoms with Crippen LogP contribution in [0.25, 0.3) is 22.4 Å². The largest absolute Gasteiger partial charge is 0.411 e. The summed E-state index contributed by atoms with van der Waals surface area (Å²) in [7, 11) is 0. The number of hydrogen-bond acceptors (Lipinski definition) is 5. The third-order valence-electron chi connectivity index (χ3n) is 3.07. The zero-order valence-corrected chi connectivity index (χ0v) is 13.7. The lowest BCUT2D eigenvalue weighted by Gasteiger charge is -2.18. The van der Waals surface area contributed by atoms with Crippen molar-refractivity contribution < 1.29 is 9.15 Å². The summed E-state index contributed by atoms with van der Waals surface area (Å²) in [4.78, 5) is 3.21. The molecule has 2 heterocycles. The Morgan fingerprint density at radius 1 is 1.23 bits per heavy atom. The van der Waals surface area contributed by atoms with Gasteiger partial charge in [0.1, 0.15) is 0 Å². The van der Waals surface area contributed by atoms with Gasteiger partial charge in [-0.25, -0.2) is 0 Å². The van der Waals surface area contributed by atoms with Crippen molar-refractivity contribution in [3.05, 3.63) is 30.5 Å². The molecule has 0 radical (unpaired) electrons. The van der Waals surface area contributed by atoms with Crippen LogP contribution in [0.3, 0.4) is 0 Å². The van der Waals surface area contributed by atoms with Crippen molar-refractivity contribution in [2.75, 3.05) is 12.4 Å². The summed E-state index contributed by atoms with van der Waals surface area (Å²) in [5, 5.41) is 9.88. The third kappa shape index (κ3) is 3.51. The number of aromatic nitrogens is 3. The van der Waals surface area contributed by atoms with E-state index >= 15 is 0 Å². The highest BCUT2D eigenvalue weighted by atomic mass is 32.2. The summed E-state index contributed by atoms with van der Waals surface area (Å²) >= 11 is 1.51. The van der Waals surface area contributed by atoms with E-state index in [9.17, 15) is 0 Å². The number of nitrogens with one attached hydrogen (secondary N) is 1. The summed E-state index contributed by atoms with van der Waals surface area (Å²) < 4.78 is 11.4. The average Bonchev–Trinajstić information content (AvgIpc) is 3.09. The fourth-order valence-corrected chi connectivity index (χ4v) is 2.68. The normalized spacial score (nSPS) is 12.1. The Labute approximate surface area is 133 Å². The Kier molecular flexibility index (Phi) is 4.22. The van der Waals surface area contributed by atoms with Crippen LogP contribution in [0.15, 0.2) is 40.1 Å². The van der Waals surface area contributed by atoms with Crippen LogP contribution >= 0.6 is 11.8 Å². The molecule has 0 aliphatic heterocycles. The van der Waals surface area contributed by atoms with Gasteiger partial charge < -0.3 is 14.1 Å². The van der Waals surface area contributed by atoms with E-state index in [1.807, 2.05) is 51.2 Å². The number of aromatic amines is 1. The van der Waals surface area contributed by atoms with Gasteiger partial charge in [-0.3, -0.25) is 0 Å². The van der Waals surface area contributed by atoms with Crippen LogP contribution in [-0.4, -0.2) is 33.1 Å². The first-order valence-corrected chi connectivity index (χ1v) is 8.18.